The van der Waals surface area contributed by atoms with Gasteiger partial charge in [0.15, 0.2) is 0 Å². The van der Waals surface area contributed by atoms with Crippen LogP contribution in [-0.4, -0.2) is 35.7 Å². The van der Waals surface area contributed by atoms with E-state index in [1.54, 1.807) is 4.90 Å². The second-order valence-corrected chi connectivity index (χ2v) is 7.77. The van der Waals surface area contributed by atoms with E-state index >= 15 is 0 Å². The molecule has 2 atom stereocenters. The molecule has 4 nitrogen and oxygen atoms in total. The van der Waals surface area contributed by atoms with Crippen LogP contribution in [0.5, 0.6) is 0 Å². The van der Waals surface area contributed by atoms with Gasteiger partial charge in [-0.1, -0.05) is 28.1 Å². The zero-order valence-electron chi connectivity index (χ0n) is 13.7. The Labute approximate surface area is 141 Å². The molecule has 0 aliphatic carbocycles. The van der Waals surface area contributed by atoms with Gasteiger partial charge >= 0.3 is 6.09 Å². The summed E-state index contributed by atoms with van der Waals surface area (Å²) in [5.41, 5.74) is 0.803. The Morgan fingerprint density at radius 3 is 2.82 bits per heavy atom. The summed E-state index contributed by atoms with van der Waals surface area (Å²) in [5, 5.41) is 3.60. The number of ether oxygens (including phenoxy) is 1. The van der Waals surface area contributed by atoms with Gasteiger partial charge in [-0.25, -0.2) is 4.79 Å². The Hall–Kier alpha value is -1.07. The lowest BCUT2D eigenvalue weighted by Crippen LogP contribution is -2.39. The van der Waals surface area contributed by atoms with Crippen molar-refractivity contribution in [2.45, 2.75) is 51.8 Å². The first-order chi connectivity index (χ1) is 10.2. The summed E-state index contributed by atoms with van der Waals surface area (Å²) >= 11 is 3.50. The van der Waals surface area contributed by atoms with Gasteiger partial charge < -0.3 is 15.0 Å². The van der Waals surface area contributed by atoms with Crippen LogP contribution < -0.4 is 5.32 Å². The van der Waals surface area contributed by atoms with Gasteiger partial charge in [-0.05, 0) is 51.8 Å². The molecular weight excluding hydrogens is 344 g/mol. The summed E-state index contributed by atoms with van der Waals surface area (Å²) in [6.45, 7) is 9.28. The fourth-order valence-electron chi connectivity index (χ4n) is 2.61. The Kier molecular flexibility index (Phi) is 5.50. The number of likely N-dealkylation sites (tertiary alicyclic amines) is 1. The standard InChI is InChI=1S/C17H25BrN2O2/c1-12(13-6-5-7-14(18)10-13)19-15-8-9-20(11-15)16(21)22-17(2,3)4/h5-7,10,12,15,19H,8-9,11H2,1-4H3. The number of benzene rings is 1. The number of carbonyl (C=O) groups excluding carboxylic acids is 1. The van der Waals surface area contributed by atoms with Crippen LogP contribution in [0.2, 0.25) is 0 Å². The minimum atomic E-state index is -0.438. The normalized spacial score (nSPS) is 20.0. The van der Waals surface area contributed by atoms with Crippen LogP contribution in [0.1, 0.15) is 45.7 Å². The third-order valence-electron chi connectivity index (χ3n) is 3.67. The molecule has 2 unspecified atom stereocenters. The third-order valence-corrected chi connectivity index (χ3v) is 4.17. The van der Waals surface area contributed by atoms with Crippen LogP contribution in [0, 0.1) is 0 Å². The lowest BCUT2D eigenvalue weighted by atomic mass is 10.1. The van der Waals surface area contributed by atoms with Gasteiger partial charge in [0.2, 0.25) is 0 Å². The number of rotatable bonds is 3. The molecule has 0 spiro atoms. The number of halogens is 1. The van der Waals surface area contributed by atoms with Gasteiger partial charge in [-0.15, -0.1) is 0 Å². The molecule has 1 fully saturated rings. The van der Waals surface area contributed by atoms with Crippen molar-refractivity contribution in [2.24, 2.45) is 0 Å². The Balaban J connectivity index is 1.87. The molecule has 1 aromatic rings. The van der Waals surface area contributed by atoms with Crippen molar-refractivity contribution < 1.29 is 9.53 Å². The minimum absolute atomic E-state index is 0.216. The van der Waals surface area contributed by atoms with Crippen molar-refractivity contribution in [3.8, 4) is 0 Å². The van der Waals surface area contributed by atoms with Crippen LogP contribution in [0.25, 0.3) is 0 Å². The predicted molar refractivity (Wildman–Crippen MR) is 91.9 cm³/mol. The molecule has 122 valence electrons. The number of amides is 1. The minimum Gasteiger partial charge on any atom is -0.444 e. The molecule has 1 N–H and O–H groups in total. The van der Waals surface area contributed by atoms with Crippen LogP contribution in [0.15, 0.2) is 28.7 Å². The lowest BCUT2D eigenvalue weighted by Gasteiger charge is -2.25. The SMILES string of the molecule is CC(NC1CCN(C(=O)OC(C)(C)C)C1)c1cccc(Br)c1. The second-order valence-electron chi connectivity index (χ2n) is 6.86. The number of carbonyl (C=O) groups is 1. The van der Waals surface area contributed by atoms with E-state index < -0.39 is 5.60 Å². The predicted octanol–water partition coefficient (Wildman–Crippen LogP) is 4.11. The molecule has 1 heterocycles. The van der Waals surface area contributed by atoms with Crippen molar-refractivity contribution in [3.63, 3.8) is 0 Å². The van der Waals surface area contributed by atoms with Crippen LogP contribution in [0.3, 0.4) is 0 Å². The quantitative estimate of drug-likeness (QED) is 0.872. The van der Waals surface area contributed by atoms with Gasteiger partial charge in [-0.3, -0.25) is 0 Å². The third kappa shape index (κ3) is 4.99. The summed E-state index contributed by atoms with van der Waals surface area (Å²) < 4.78 is 6.51. The smallest absolute Gasteiger partial charge is 0.410 e. The van der Waals surface area contributed by atoms with E-state index in [4.69, 9.17) is 4.74 Å². The van der Waals surface area contributed by atoms with Crippen molar-refractivity contribution >= 4 is 22.0 Å². The highest BCUT2D eigenvalue weighted by molar-refractivity contribution is 9.10. The highest BCUT2D eigenvalue weighted by Crippen LogP contribution is 2.21. The average molecular weight is 369 g/mol. The van der Waals surface area contributed by atoms with E-state index in [-0.39, 0.29) is 12.1 Å². The van der Waals surface area contributed by atoms with Gasteiger partial charge in [0.05, 0.1) is 0 Å². The number of nitrogens with zero attached hydrogens (tertiary/aromatic N) is 1. The van der Waals surface area contributed by atoms with E-state index in [1.165, 1.54) is 5.56 Å². The molecule has 0 radical (unpaired) electrons. The highest BCUT2D eigenvalue weighted by atomic mass is 79.9. The summed E-state index contributed by atoms with van der Waals surface area (Å²) in [6, 6.07) is 8.86. The molecule has 2 rings (SSSR count). The van der Waals surface area contributed by atoms with Crippen molar-refractivity contribution in [3.05, 3.63) is 34.3 Å². The van der Waals surface area contributed by atoms with E-state index in [0.717, 1.165) is 17.4 Å². The van der Waals surface area contributed by atoms with Crippen molar-refractivity contribution in [2.75, 3.05) is 13.1 Å². The molecule has 1 amide bonds. The van der Waals surface area contributed by atoms with E-state index in [9.17, 15) is 4.79 Å². The molecule has 0 bridgehead atoms. The molecule has 0 aromatic heterocycles. The Bertz CT molecular complexity index is 528. The maximum absolute atomic E-state index is 12.1. The topological polar surface area (TPSA) is 41.6 Å². The lowest BCUT2D eigenvalue weighted by molar-refractivity contribution is 0.0290. The highest BCUT2D eigenvalue weighted by Gasteiger charge is 2.30. The van der Waals surface area contributed by atoms with Crippen LogP contribution in [-0.2, 0) is 4.74 Å². The largest absolute Gasteiger partial charge is 0.444 e. The molecule has 1 aliphatic rings. The van der Waals surface area contributed by atoms with Gasteiger partial charge in [0.25, 0.3) is 0 Å². The molecule has 1 aromatic carbocycles. The first-order valence-corrected chi connectivity index (χ1v) is 8.53. The van der Waals surface area contributed by atoms with Crippen molar-refractivity contribution in [1.82, 2.24) is 10.2 Å². The molecular formula is C17H25BrN2O2. The zero-order chi connectivity index (χ0) is 16.3. The molecule has 0 saturated carbocycles. The first-order valence-electron chi connectivity index (χ1n) is 7.74. The fourth-order valence-corrected chi connectivity index (χ4v) is 3.03. The zero-order valence-corrected chi connectivity index (χ0v) is 15.3. The maximum Gasteiger partial charge on any atom is 0.410 e. The Morgan fingerprint density at radius 1 is 1.45 bits per heavy atom. The first kappa shape index (κ1) is 17.3. The van der Waals surface area contributed by atoms with E-state index in [0.29, 0.717) is 12.6 Å². The Morgan fingerprint density at radius 2 is 2.18 bits per heavy atom. The summed E-state index contributed by atoms with van der Waals surface area (Å²) in [6.07, 6.45) is 0.740. The molecule has 1 aliphatic heterocycles. The van der Waals surface area contributed by atoms with E-state index in [1.807, 2.05) is 32.9 Å². The fraction of sp³-hybridized carbons (Fsp3) is 0.588. The molecule has 22 heavy (non-hydrogen) atoms. The van der Waals surface area contributed by atoms with Crippen LogP contribution in [0.4, 0.5) is 4.79 Å². The number of hydrogen-bond donors (Lipinski definition) is 1. The second kappa shape index (κ2) is 7.01. The maximum atomic E-state index is 12.1. The summed E-state index contributed by atoms with van der Waals surface area (Å²) in [5.74, 6) is 0. The number of hydrogen-bond acceptors (Lipinski definition) is 3. The van der Waals surface area contributed by atoms with Gasteiger partial charge in [0, 0.05) is 29.6 Å². The van der Waals surface area contributed by atoms with Gasteiger partial charge in [-0.2, -0.15) is 0 Å². The monoisotopic (exact) mass is 368 g/mol. The van der Waals surface area contributed by atoms with Gasteiger partial charge in [0.1, 0.15) is 5.60 Å². The summed E-state index contributed by atoms with van der Waals surface area (Å²) in [7, 11) is 0. The van der Waals surface area contributed by atoms with Crippen LogP contribution >= 0.6 is 15.9 Å². The summed E-state index contributed by atoms with van der Waals surface area (Å²) in [4.78, 5) is 13.9. The van der Waals surface area contributed by atoms with E-state index in [2.05, 4.69) is 40.3 Å². The number of nitrogens with one attached hydrogen (secondary N) is 1. The average Bonchev–Trinajstić information content (AvgIpc) is 2.85. The molecule has 1 saturated heterocycles. The van der Waals surface area contributed by atoms with Crippen molar-refractivity contribution in [1.29, 1.82) is 0 Å². The molecule has 5 heteroatoms.